The summed E-state index contributed by atoms with van der Waals surface area (Å²) in [7, 11) is 2.10. The first-order valence-electron chi connectivity index (χ1n) is 11.4. The predicted molar refractivity (Wildman–Crippen MR) is 137 cm³/mol. The van der Waals surface area contributed by atoms with Crippen molar-refractivity contribution in [1.29, 1.82) is 0 Å². The van der Waals surface area contributed by atoms with E-state index >= 15 is 0 Å². The number of fused-ring (bicyclic) bond motifs is 1. The van der Waals surface area contributed by atoms with Crippen molar-refractivity contribution >= 4 is 16.7 Å². The summed E-state index contributed by atoms with van der Waals surface area (Å²) in [5.41, 5.74) is 7.18. The molecule has 5 rings (SSSR count). The van der Waals surface area contributed by atoms with Gasteiger partial charge in [-0.2, -0.15) is 0 Å². The molecule has 0 aliphatic heterocycles. The highest BCUT2D eigenvalue weighted by molar-refractivity contribution is 5.81. The zero-order valence-electron chi connectivity index (χ0n) is 19.4. The molecular weight excluding hydrogens is 422 g/mol. The van der Waals surface area contributed by atoms with Crippen molar-refractivity contribution in [2.45, 2.75) is 13.5 Å². The standard InChI is InChI=1S/C27H27N7/c1-19-8-6-11-23(30-19)26-27(24-14-13-21-22(31-24)12-7-15-29-21)33-25(32-26)18-28-16-17-34(2)20-9-4-3-5-10-20/h3-15,28H,16-18H2,1-2H3,(H,32,33). The zero-order valence-corrected chi connectivity index (χ0v) is 19.4. The summed E-state index contributed by atoms with van der Waals surface area (Å²) >= 11 is 0. The van der Waals surface area contributed by atoms with Gasteiger partial charge in [0.1, 0.15) is 11.5 Å². The maximum atomic E-state index is 4.90. The molecule has 0 unspecified atom stereocenters. The van der Waals surface area contributed by atoms with Crippen LogP contribution in [0.1, 0.15) is 11.5 Å². The Morgan fingerprint density at radius 2 is 1.71 bits per heavy atom. The fourth-order valence-corrected chi connectivity index (χ4v) is 3.91. The summed E-state index contributed by atoms with van der Waals surface area (Å²) in [5, 5.41) is 3.50. The minimum atomic E-state index is 0.622. The molecular formula is C27H27N7. The lowest BCUT2D eigenvalue weighted by Gasteiger charge is -2.19. The quantitative estimate of drug-likeness (QED) is 0.337. The van der Waals surface area contributed by atoms with E-state index in [1.807, 2.05) is 55.5 Å². The summed E-state index contributed by atoms with van der Waals surface area (Å²) in [5.74, 6) is 0.851. The number of nitrogens with one attached hydrogen (secondary N) is 2. The molecule has 4 heterocycles. The molecule has 7 heteroatoms. The van der Waals surface area contributed by atoms with Gasteiger partial charge in [0.05, 0.1) is 34.7 Å². The Bertz CT molecular complexity index is 1390. The summed E-state index contributed by atoms with van der Waals surface area (Å²) in [6, 6.07) is 24.2. The lowest BCUT2D eigenvalue weighted by molar-refractivity contribution is 0.660. The van der Waals surface area contributed by atoms with Crippen LogP contribution in [0.4, 0.5) is 5.69 Å². The molecule has 4 aromatic heterocycles. The van der Waals surface area contributed by atoms with E-state index in [-0.39, 0.29) is 0 Å². The topological polar surface area (TPSA) is 82.6 Å². The van der Waals surface area contributed by atoms with Crippen molar-refractivity contribution in [2.24, 2.45) is 0 Å². The molecule has 0 spiro atoms. The highest BCUT2D eigenvalue weighted by atomic mass is 15.1. The van der Waals surface area contributed by atoms with E-state index in [1.54, 1.807) is 6.20 Å². The number of nitrogens with zero attached hydrogens (tertiary/aromatic N) is 5. The molecule has 0 saturated carbocycles. The predicted octanol–water partition coefficient (Wildman–Crippen LogP) is 4.62. The summed E-state index contributed by atoms with van der Waals surface area (Å²) in [6.45, 7) is 4.33. The van der Waals surface area contributed by atoms with E-state index in [1.165, 1.54) is 5.69 Å². The van der Waals surface area contributed by atoms with Gasteiger partial charge in [-0.15, -0.1) is 0 Å². The number of anilines is 1. The fourth-order valence-electron chi connectivity index (χ4n) is 3.91. The van der Waals surface area contributed by atoms with Gasteiger partial charge >= 0.3 is 0 Å². The number of benzene rings is 1. The lowest BCUT2D eigenvalue weighted by Crippen LogP contribution is -2.29. The van der Waals surface area contributed by atoms with Crippen LogP contribution in [0.5, 0.6) is 0 Å². The Morgan fingerprint density at radius 3 is 2.56 bits per heavy atom. The smallest absolute Gasteiger partial charge is 0.121 e. The Morgan fingerprint density at radius 1 is 0.824 bits per heavy atom. The van der Waals surface area contributed by atoms with Crippen molar-refractivity contribution in [3.05, 3.63) is 90.5 Å². The van der Waals surface area contributed by atoms with Crippen LogP contribution in [0, 0.1) is 6.92 Å². The first-order valence-corrected chi connectivity index (χ1v) is 11.4. The van der Waals surface area contributed by atoms with Crippen LogP contribution in [-0.4, -0.2) is 45.1 Å². The maximum absolute atomic E-state index is 4.90. The molecule has 34 heavy (non-hydrogen) atoms. The molecule has 0 fully saturated rings. The second-order valence-electron chi connectivity index (χ2n) is 8.24. The SMILES string of the molecule is Cc1cccc(-c2nc(CNCCN(C)c3ccccc3)[nH]c2-c2ccc3ncccc3n2)n1. The molecule has 0 aliphatic carbocycles. The molecule has 0 aliphatic rings. The number of aryl methyl sites for hydroxylation is 1. The monoisotopic (exact) mass is 449 g/mol. The molecule has 1 aromatic carbocycles. The Balaban J connectivity index is 1.38. The van der Waals surface area contributed by atoms with Crippen molar-refractivity contribution < 1.29 is 0 Å². The third-order valence-corrected chi connectivity index (χ3v) is 5.71. The van der Waals surface area contributed by atoms with E-state index in [0.29, 0.717) is 6.54 Å². The number of likely N-dealkylation sites (N-methyl/N-ethyl adjacent to an activating group) is 1. The van der Waals surface area contributed by atoms with Crippen LogP contribution in [-0.2, 0) is 6.54 Å². The number of pyridine rings is 3. The number of hydrogen-bond acceptors (Lipinski definition) is 6. The molecule has 170 valence electrons. The number of aromatic amines is 1. The van der Waals surface area contributed by atoms with Gasteiger partial charge in [0.2, 0.25) is 0 Å². The Hall–Kier alpha value is -4.10. The van der Waals surface area contributed by atoms with E-state index < -0.39 is 0 Å². The van der Waals surface area contributed by atoms with Gasteiger partial charge in [-0.1, -0.05) is 24.3 Å². The largest absolute Gasteiger partial charge is 0.373 e. The van der Waals surface area contributed by atoms with E-state index in [9.17, 15) is 0 Å². The normalized spacial score (nSPS) is 11.1. The van der Waals surface area contributed by atoms with Crippen molar-refractivity contribution in [3.63, 3.8) is 0 Å². The van der Waals surface area contributed by atoms with Gasteiger partial charge in [0.15, 0.2) is 0 Å². The fraction of sp³-hybridized carbons (Fsp3) is 0.185. The molecule has 0 radical (unpaired) electrons. The molecule has 2 N–H and O–H groups in total. The molecule has 0 atom stereocenters. The van der Waals surface area contributed by atoms with Crippen LogP contribution in [0.3, 0.4) is 0 Å². The second kappa shape index (κ2) is 9.80. The summed E-state index contributed by atoms with van der Waals surface area (Å²) in [6.07, 6.45) is 1.78. The zero-order chi connectivity index (χ0) is 23.3. The maximum Gasteiger partial charge on any atom is 0.121 e. The molecule has 5 aromatic rings. The summed E-state index contributed by atoms with van der Waals surface area (Å²) in [4.78, 5) is 24.6. The molecule has 0 amide bonds. The van der Waals surface area contributed by atoms with E-state index in [4.69, 9.17) is 15.0 Å². The molecule has 7 nitrogen and oxygen atoms in total. The number of imidazole rings is 1. The van der Waals surface area contributed by atoms with E-state index in [0.717, 1.165) is 58.4 Å². The first kappa shape index (κ1) is 21.7. The van der Waals surface area contributed by atoms with Crippen LogP contribution in [0.25, 0.3) is 33.8 Å². The average molecular weight is 450 g/mol. The Labute approximate surface area is 199 Å². The van der Waals surface area contributed by atoms with Crippen LogP contribution >= 0.6 is 0 Å². The highest BCUT2D eigenvalue weighted by Gasteiger charge is 2.17. The van der Waals surface area contributed by atoms with Crippen LogP contribution < -0.4 is 10.2 Å². The summed E-state index contributed by atoms with van der Waals surface area (Å²) < 4.78 is 0. The minimum Gasteiger partial charge on any atom is -0.373 e. The van der Waals surface area contributed by atoms with Crippen molar-refractivity contribution in [2.75, 3.05) is 25.0 Å². The van der Waals surface area contributed by atoms with Gasteiger partial charge in [0.25, 0.3) is 0 Å². The average Bonchev–Trinajstić information content (AvgIpc) is 3.31. The van der Waals surface area contributed by atoms with Gasteiger partial charge in [0, 0.05) is 37.7 Å². The van der Waals surface area contributed by atoms with Crippen molar-refractivity contribution in [3.8, 4) is 22.8 Å². The van der Waals surface area contributed by atoms with Crippen molar-refractivity contribution in [1.82, 2.24) is 30.2 Å². The van der Waals surface area contributed by atoms with Gasteiger partial charge < -0.3 is 15.2 Å². The van der Waals surface area contributed by atoms with Gasteiger partial charge in [-0.3, -0.25) is 9.97 Å². The van der Waals surface area contributed by atoms with Crippen LogP contribution in [0.15, 0.2) is 79.0 Å². The van der Waals surface area contributed by atoms with Crippen LogP contribution in [0.2, 0.25) is 0 Å². The number of rotatable bonds is 8. The number of H-pyrrole nitrogens is 1. The van der Waals surface area contributed by atoms with Gasteiger partial charge in [-0.05, 0) is 55.5 Å². The van der Waals surface area contributed by atoms with E-state index in [2.05, 4.69) is 51.5 Å². The third kappa shape index (κ3) is 4.79. The number of hydrogen-bond donors (Lipinski definition) is 2. The first-order chi connectivity index (χ1) is 16.7. The lowest BCUT2D eigenvalue weighted by atomic mass is 10.1. The van der Waals surface area contributed by atoms with Gasteiger partial charge in [-0.25, -0.2) is 9.97 Å². The second-order valence-corrected chi connectivity index (χ2v) is 8.24. The molecule has 0 saturated heterocycles. The molecule has 0 bridgehead atoms. The number of aromatic nitrogens is 5. The Kier molecular flexibility index (Phi) is 6.27. The highest BCUT2D eigenvalue weighted by Crippen LogP contribution is 2.29. The third-order valence-electron chi connectivity index (χ3n) is 5.71. The number of para-hydroxylation sites is 1. The minimum absolute atomic E-state index is 0.622.